The van der Waals surface area contributed by atoms with Crippen molar-refractivity contribution < 1.29 is 23.9 Å². The number of hydrogen-bond donors (Lipinski definition) is 1. The predicted molar refractivity (Wildman–Crippen MR) is 118 cm³/mol. The van der Waals surface area contributed by atoms with Gasteiger partial charge in [0.15, 0.2) is 0 Å². The lowest BCUT2D eigenvalue weighted by Crippen LogP contribution is -2.54. The molecule has 4 aliphatic rings. The van der Waals surface area contributed by atoms with Gasteiger partial charge in [-0.1, -0.05) is 18.2 Å². The Morgan fingerprint density at radius 2 is 1.85 bits per heavy atom. The molecule has 1 spiro atoms. The highest BCUT2D eigenvalue weighted by Crippen LogP contribution is 2.60. The second-order valence-electron chi connectivity index (χ2n) is 8.95. The zero-order valence-corrected chi connectivity index (χ0v) is 18.1. The van der Waals surface area contributed by atoms with Crippen molar-refractivity contribution in [1.29, 1.82) is 0 Å². The number of imide groups is 1. The Morgan fingerprint density at radius 3 is 2.61 bits per heavy atom. The zero-order chi connectivity index (χ0) is 22.9. The molecule has 4 heterocycles. The molecule has 3 saturated heterocycles. The molecular weight excluding hydrogens is 422 g/mol. The molecule has 2 aromatic rings. The topological polar surface area (TPSA) is 96.0 Å². The van der Waals surface area contributed by atoms with Crippen LogP contribution in [0.25, 0.3) is 0 Å². The molecule has 3 amide bonds. The molecule has 8 nitrogen and oxygen atoms in total. The van der Waals surface area contributed by atoms with Gasteiger partial charge >= 0.3 is 5.97 Å². The van der Waals surface area contributed by atoms with Crippen molar-refractivity contribution in [1.82, 2.24) is 4.90 Å². The van der Waals surface area contributed by atoms with E-state index in [1.165, 1.54) is 4.90 Å². The SMILES string of the molecule is CCOC(=O)c1ccc(N2C(=O)C3C4CCCN4C4(C(=O)Nc5ccccc54)C3C2=O)cc1. The predicted octanol–water partition coefficient (Wildman–Crippen LogP) is 2.29. The van der Waals surface area contributed by atoms with Gasteiger partial charge in [-0.2, -0.15) is 0 Å². The number of carbonyl (C=O) groups is 4. The highest BCUT2D eigenvalue weighted by molar-refractivity contribution is 6.25. The van der Waals surface area contributed by atoms with Crippen LogP contribution >= 0.6 is 0 Å². The molecule has 0 aliphatic carbocycles. The van der Waals surface area contributed by atoms with Crippen molar-refractivity contribution in [2.24, 2.45) is 11.8 Å². The van der Waals surface area contributed by atoms with E-state index >= 15 is 0 Å². The number of anilines is 2. The summed E-state index contributed by atoms with van der Waals surface area (Å²) in [5.74, 6) is -2.70. The van der Waals surface area contributed by atoms with Crippen LogP contribution in [0.4, 0.5) is 11.4 Å². The fourth-order valence-electron chi connectivity index (χ4n) is 6.37. The number of ether oxygens (including phenoxy) is 1. The van der Waals surface area contributed by atoms with Gasteiger partial charge in [0.25, 0.3) is 0 Å². The largest absolute Gasteiger partial charge is 0.462 e. The Morgan fingerprint density at radius 1 is 1.09 bits per heavy atom. The second kappa shape index (κ2) is 6.99. The Kier molecular flexibility index (Phi) is 4.26. The lowest BCUT2D eigenvalue weighted by molar-refractivity contribution is -0.135. The van der Waals surface area contributed by atoms with Gasteiger partial charge in [-0.15, -0.1) is 0 Å². The van der Waals surface area contributed by atoms with Gasteiger partial charge in [0, 0.05) is 17.3 Å². The van der Waals surface area contributed by atoms with Gasteiger partial charge in [0.2, 0.25) is 17.7 Å². The highest BCUT2D eigenvalue weighted by Gasteiger charge is 2.74. The second-order valence-corrected chi connectivity index (χ2v) is 8.95. The van der Waals surface area contributed by atoms with Crippen LogP contribution in [0.5, 0.6) is 0 Å². The molecule has 2 aromatic carbocycles. The maximum Gasteiger partial charge on any atom is 0.338 e. The van der Waals surface area contributed by atoms with Crippen molar-refractivity contribution >= 4 is 35.1 Å². The number of esters is 1. The zero-order valence-electron chi connectivity index (χ0n) is 18.1. The summed E-state index contributed by atoms with van der Waals surface area (Å²) in [6, 6.07) is 13.6. The Bertz CT molecular complexity index is 1210. The van der Waals surface area contributed by atoms with E-state index in [4.69, 9.17) is 4.74 Å². The monoisotopic (exact) mass is 445 g/mol. The fraction of sp³-hybridized carbons (Fsp3) is 0.360. The lowest BCUT2D eigenvalue weighted by atomic mass is 9.75. The van der Waals surface area contributed by atoms with Gasteiger partial charge in [-0.05, 0) is 56.6 Å². The molecule has 1 N–H and O–H groups in total. The molecule has 0 bridgehead atoms. The number of para-hydroxylation sites is 1. The fourth-order valence-corrected chi connectivity index (χ4v) is 6.37. The van der Waals surface area contributed by atoms with Gasteiger partial charge in [-0.3, -0.25) is 19.3 Å². The van der Waals surface area contributed by atoms with E-state index in [9.17, 15) is 19.2 Å². The van der Waals surface area contributed by atoms with Gasteiger partial charge in [0.1, 0.15) is 5.54 Å². The molecule has 0 radical (unpaired) electrons. The minimum absolute atomic E-state index is 0.160. The summed E-state index contributed by atoms with van der Waals surface area (Å²) >= 11 is 0. The van der Waals surface area contributed by atoms with Crippen molar-refractivity contribution in [3.05, 3.63) is 59.7 Å². The number of carbonyl (C=O) groups excluding carboxylic acids is 4. The molecule has 4 aliphatic heterocycles. The number of amides is 3. The Labute approximate surface area is 190 Å². The average molecular weight is 445 g/mol. The Balaban J connectivity index is 1.44. The third kappa shape index (κ3) is 2.44. The molecule has 4 atom stereocenters. The molecule has 0 aromatic heterocycles. The smallest absolute Gasteiger partial charge is 0.338 e. The van der Waals surface area contributed by atoms with Crippen LogP contribution in [0.15, 0.2) is 48.5 Å². The first-order valence-electron chi connectivity index (χ1n) is 11.3. The molecule has 8 heteroatoms. The Hall–Kier alpha value is -3.52. The number of nitrogens with one attached hydrogen (secondary N) is 1. The van der Waals surface area contributed by atoms with Crippen LogP contribution < -0.4 is 10.2 Å². The first kappa shape index (κ1) is 20.1. The van der Waals surface area contributed by atoms with Gasteiger partial charge in [-0.25, -0.2) is 9.69 Å². The third-order valence-electron chi connectivity index (χ3n) is 7.54. The summed E-state index contributed by atoms with van der Waals surface area (Å²) in [6.45, 7) is 2.66. The normalized spacial score (nSPS) is 29.9. The average Bonchev–Trinajstić information content (AvgIpc) is 3.52. The van der Waals surface area contributed by atoms with Gasteiger partial charge in [0.05, 0.1) is 29.7 Å². The first-order chi connectivity index (χ1) is 16.0. The minimum Gasteiger partial charge on any atom is -0.462 e. The number of rotatable bonds is 3. The molecule has 6 rings (SSSR count). The van der Waals surface area contributed by atoms with E-state index in [0.29, 0.717) is 23.5 Å². The number of fused-ring (bicyclic) bond motifs is 7. The van der Waals surface area contributed by atoms with Crippen LogP contribution in [-0.2, 0) is 24.7 Å². The summed E-state index contributed by atoms with van der Waals surface area (Å²) in [6.07, 6.45) is 1.65. The number of hydrogen-bond acceptors (Lipinski definition) is 6. The molecule has 168 valence electrons. The summed E-state index contributed by atoms with van der Waals surface area (Å²) < 4.78 is 5.02. The molecule has 33 heavy (non-hydrogen) atoms. The van der Waals surface area contributed by atoms with Crippen LogP contribution in [0.3, 0.4) is 0 Å². The van der Waals surface area contributed by atoms with E-state index in [1.54, 1.807) is 31.2 Å². The minimum atomic E-state index is -1.17. The summed E-state index contributed by atoms with van der Waals surface area (Å²) in [7, 11) is 0. The maximum absolute atomic E-state index is 13.9. The van der Waals surface area contributed by atoms with Crippen molar-refractivity contribution in [2.45, 2.75) is 31.3 Å². The first-order valence-corrected chi connectivity index (χ1v) is 11.3. The molecule has 3 fully saturated rings. The molecule has 0 saturated carbocycles. The molecular formula is C25H23N3O5. The van der Waals surface area contributed by atoms with Crippen molar-refractivity contribution in [3.63, 3.8) is 0 Å². The quantitative estimate of drug-likeness (QED) is 0.575. The van der Waals surface area contributed by atoms with Crippen LogP contribution in [0, 0.1) is 11.8 Å². The van der Waals surface area contributed by atoms with Crippen molar-refractivity contribution in [3.8, 4) is 0 Å². The number of nitrogens with zero attached hydrogens (tertiary/aromatic N) is 2. The number of benzene rings is 2. The highest BCUT2D eigenvalue weighted by atomic mass is 16.5. The summed E-state index contributed by atoms with van der Waals surface area (Å²) in [5, 5.41) is 2.96. The molecule has 4 unspecified atom stereocenters. The summed E-state index contributed by atoms with van der Waals surface area (Å²) in [4.78, 5) is 56.4. The third-order valence-corrected chi connectivity index (χ3v) is 7.54. The van der Waals surface area contributed by atoms with Gasteiger partial charge < -0.3 is 10.1 Å². The summed E-state index contributed by atoms with van der Waals surface area (Å²) in [5.41, 5.74) is 1.05. The van der Waals surface area contributed by atoms with E-state index in [0.717, 1.165) is 18.4 Å². The van der Waals surface area contributed by atoms with E-state index in [1.807, 2.05) is 24.3 Å². The van der Waals surface area contributed by atoms with E-state index in [-0.39, 0.29) is 30.4 Å². The standard InChI is InChI=1S/C25H23N3O5/c1-2-33-23(31)14-9-11-15(12-10-14)28-21(29)19-18-8-5-13-27(18)25(20(19)22(28)30)16-6-3-4-7-17(16)26-24(25)32/h3-4,6-7,9-12,18-20H,2,5,8,13H2,1H3,(H,26,32). The van der Waals surface area contributed by atoms with Crippen LogP contribution in [0.1, 0.15) is 35.7 Å². The van der Waals surface area contributed by atoms with Crippen LogP contribution in [-0.4, -0.2) is 47.8 Å². The van der Waals surface area contributed by atoms with Crippen molar-refractivity contribution in [2.75, 3.05) is 23.4 Å². The lowest BCUT2D eigenvalue weighted by Gasteiger charge is -2.36. The van der Waals surface area contributed by atoms with Crippen LogP contribution in [0.2, 0.25) is 0 Å². The maximum atomic E-state index is 13.9. The van der Waals surface area contributed by atoms with E-state index in [2.05, 4.69) is 10.2 Å². The van der Waals surface area contributed by atoms with E-state index < -0.39 is 23.3 Å².